The molecule has 0 bridgehead atoms. The van der Waals surface area contributed by atoms with Crippen LogP contribution >= 0.6 is 0 Å². The van der Waals surface area contributed by atoms with Gasteiger partial charge in [0.15, 0.2) is 0 Å². The van der Waals surface area contributed by atoms with E-state index in [1.165, 1.54) is 12.8 Å². The highest BCUT2D eigenvalue weighted by molar-refractivity contribution is 5.81. The summed E-state index contributed by atoms with van der Waals surface area (Å²) in [5, 5.41) is 2.99. The number of nitrogens with one attached hydrogen (secondary N) is 1. The lowest BCUT2D eigenvalue weighted by atomic mass is 10.2. The predicted octanol–water partition coefficient (Wildman–Crippen LogP) is 0.714. The summed E-state index contributed by atoms with van der Waals surface area (Å²) in [7, 11) is 0. The molecule has 0 aromatic heterocycles. The third-order valence-corrected chi connectivity index (χ3v) is 3.26. The molecule has 0 aliphatic carbocycles. The molecule has 4 nitrogen and oxygen atoms in total. The fourth-order valence-electron chi connectivity index (χ4n) is 2.07. The van der Waals surface area contributed by atoms with Crippen LogP contribution in [0.15, 0.2) is 0 Å². The molecule has 1 rings (SSSR count). The molecule has 0 aromatic rings. The Bertz CT molecular complexity index is 220. The van der Waals surface area contributed by atoms with Crippen molar-refractivity contribution in [2.24, 2.45) is 5.73 Å². The SMILES string of the molecule is CCCCCNC(=O)C(C)N1CC[C@@H](N)C1. The molecule has 1 amide bonds. The zero-order valence-corrected chi connectivity index (χ0v) is 10.5. The summed E-state index contributed by atoms with van der Waals surface area (Å²) in [4.78, 5) is 14.0. The molecular formula is C12H25N3O. The van der Waals surface area contributed by atoms with Gasteiger partial charge in [0.05, 0.1) is 6.04 Å². The molecule has 1 unspecified atom stereocenters. The van der Waals surface area contributed by atoms with Gasteiger partial charge < -0.3 is 11.1 Å². The van der Waals surface area contributed by atoms with E-state index >= 15 is 0 Å². The van der Waals surface area contributed by atoms with Crippen LogP contribution in [0.1, 0.15) is 39.5 Å². The van der Waals surface area contributed by atoms with Crippen LogP contribution in [-0.4, -0.2) is 42.5 Å². The average Bonchev–Trinajstić information content (AvgIpc) is 2.70. The fourth-order valence-corrected chi connectivity index (χ4v) is 2.07. The van der Waals surface area contributed by atoms with Crippen molar-refractivity contribution in [1.82, 2.24) is 10.2 Å². The molecule has 1 aliphatic rings. The molecule has 0 saturated carbocycles. The Morgan fingerprint density at radius 2 is 2.31 bits per heavy atom. The molecule has 1 saturated heterocycles. The number of hydrogen-bond donors (Lipinski definition) is 2. The van der Waals surface area contributed by atoms with Crippen molar-refractivity contribution in [2.45, 2.75) is 51.6 Å². The van der Waals surface area contributed by atoms with E-state index in [1.54, 1.807) is 0 Å². The van der Waals surface area contributed by atoms with Crippen LogP contribution in [0.2, 0.25) is 0 Å². The second-order valence-electron chi connectivity index (χ2n) is 4.72. The molecule has 2 atom stereocenters. The smallest absolute Gasteiger partial charge is 0.237 e. The molecule has 0 radical (unpaired) electrons. The number of amides is 1. The van der Waals surface area contributed by atoms with Crippen LogP contribution in [0, 0.1) is 0 Å². The van der Waals surface area contributed by atoms with E-state index < -0.39 is 0 Å². The van der Waals surface area contributed by atoms with Crippen molar-refractivity contribution in [3.63, 3.8) is 0 Å². The largest absolute Gasteiger partial charge is 0.355 e. The highest BCUT2D eigenvalue weighted by Crippen LogP contribution is 2.10. The number of carbonyl (C=O) groups is 1. The minimum atomic E-state index is -0.0322. The van der Waals surface area contributed by atoms with Crippen molar-refractivity contribution in [1.29, 1.82) is 0 Å². The van der Waals surface area contributed by atoms with Gasteiger partial charge in [-0.15, -0.1) is 0 Å². The molecular weight excluding hydrogens is 202 g/mol. The van der Waals surface area contributed by atoms with Crippen LogP contribution in [0.4, 0.5) is 0 Å². The minimum absolute atomic E-state index is 0.0322. The summed E-state index contributed by atoms with van der Waals surface area (Å²) in [5.74, 6) is 0.144. The van der Waals surface area contributed by atoms with E-state index in [-0.39, 0.29) is 18.0 Å². The van der Waals surface area contributed by atoms with Crippen LogP contribution in [0.5, 0.6) is 0 Å². The minimum Gasteiger partial charge on any atom is -0.355 e. The van der Waals surface area contributed by atoms with Gasteiger partial charge in [-0.25, -0.2) is 0 Å². The van der Waals surface area contributed by atoms with E-state index in [4.69, 9.17) is 5.73 Å². The van der Waals surface area contributed by atoms with Gasteiger partial charge in [0.25, 0.3) is 0 Å². The quantitative estimate of drug-likeness (QED) is 0.657. The first-order valence-corrected chi connectivity index (χ1v) is 6.42. The zero-order valence-electron chi connectivity index (χ0n) is 10.5. The van der Waals surface area contributed by atoms with E-state index in [1.807, 2.05) is 6.92 Å². The zero-order chi connectivity index (χ0) is 12.0. The Balaban J connectivity index is 2.20. The van der Waals surface area contributed by atoms with Gasteiger partial charge >= 0.3 is 0 Å². The van der Waals surface area contributed by atoms with E-state index in [0.717, 1.165) is 32.5 Å². The molecule has 16 heavy (non-hydrogen) atoms. The summed E-state index contributed by atoms with van der Waals surface area (Å²) in [6.07, 6.45) is 4.46. The number of nitrogens with zero attached hydrogens (tertiary/aromatic N) is 1. The highest BCUT2D eigenvalue weighted by atomic mass is 16.2. The first kappa shape index (κ1) is 13.5. The molecule has 4 heteroatoms. The van der Waals surface area contributed by atoms with E-state index in [2.05, 4.69) is 17.1 Å². The molecule has 1 fully saturated rings. The van der Waals surface area contributed by atoms with Crippen LogP contribution in [0.25, 0.3) is 0 Å². The molecule has 94 valence electrons. The summed E-state index contributed by atoms with van der Waals surface area (Å²) >= 11 is 0. The van der Waals surface area contributed by atoms with Gasteiger partial charge in [-0.05, 0) is 19.8 Å². The third kappa shape index (κ3) is 4.10. The lowest BCUT2D eigenvalue weighted by molar-refractivity contribution is -0.125. The van der Waals surface area contributed by atoms with Gasteiger partial charge in [0.2, 0.25) is 5.91 Å². The van der Waals surface area contributed by atoms with Crippen molar-refractivity contribution in [3.8, 4) is 0 Å². The molecule has 1 aliphatic heterocycles. The molecule has 1 heterocycles. The first-order chi connectivity index (χ1) is 7.65. The number of likely N-dealkylation sites (tertiary alicyclic amines) is 1. The predicted molar refractivity (Wildman–Crippen MR) is 66.2 cm³/mol. The Morgan fingerprint density at radius 1 is 1.56 bits per heavy atom. The number of carbonyl (C=O) groups excluding carboxylic acids is 1. The second-order valence-corrected chi connectivity index (χ2v) is 4.72. The summed E-state index contributed by atoms with van der Waals surface area (Å²) in [5.41, 5.74) is 5.83. The lowest BCUT2D eigenvalue weighted by Gasteiger charge is -2.23. The van der Waals surface area contributed by atoms with Crippen molar-refractivity contribution >= 4 is 5.91 Å². The Labute approximate surface area is 98.6 Å². The van der Waals surface area contributed by atoms with Gasteiger partial charge in [-0.2, -0.15) is 0 Å². The number of hydrogen-bond acceptors (Lipinski definition) is 3. The van der Waals surface area contributed by atoms with Crippen molar-refractivity contribution in [2.75, 3.05) is 19.6 Å². The summed E-state index contributed by atoms with van der Waals surface area (Å²) in [6, 6.07) is 0.213. The first-order valence-electron chi connectivity index (χ1n) is 6.42. The second kappa shape index (κ2) is 6.86. The highest BCUT2D eigenvalue weighted by Gasteiger charge is 2.27. The average molecular weight is 227 g/mol. The third-order valence-electron chi connectivity index (χ3n) is 3.26. The van der Waals surface area contributed by atoms with Crippen molar-refractivity contribution in [3.05, 3.63) is 0 Å². The maximum atomic E-state index is 11.8. The maximum Gasteiger partial charge on any atom is 0.237 e. The molecule has 0 aromatic carbocycles. The van der Waals surface area contributed by atoms with E-state index in [0.29, 0.717) is 0 Å². The number of rotatable bonds is 6. The van der Waals surface area contributed by atoms with Crippen LogP contribution in [-0.2, 0) is 4.79 Å². The van der Waals surface area contributed by atoms with Gasteiger partial charge in [0, 0.05) is 25.7 Å². The summed E-state index contributed by atoms with van der Waals surface area (Å²) in [6.45, 7) is 6.73. The standard InChI is InChI=1S/C12H25N3O/c1-3-4-5-7-14-12(16)10(2)15-8-6-11(13)9-15/h10-11H,3-9,13H2,1-2H3,(H,14,16)/t10?,11-/m1/s1. The van der Waals surface area contributed by atoms with Gasteiger partial charge in [-0.3, -0.25) is 9.69 Å². The van der Waals surface area contributed by atoms with Crippen molar-refractivity contribution < 1.29 is 4.79 Å². The molecule has 3 N–H and O–H groups in total. The van der Waals surface area contributed by atoms with Crippen LogP contribution < -0.4 is 11.1 Å². The van der Waals surface area contributed by atoms with Gasteiger partial charge in [0.1, 0.15) is 0 Å². The number of nitrogens with two attached hydrogens (primary N) is 1. The van der Waals surface area contributed by atoms with E-state index in [9.17, 15) is 4.79 Å². The summed E-state index contributed by atoms with van der Waals surface area (Å²) < 4.78 is 0. The molecule has 0 spiro atoms. The van der Waals surface area contributed by atoms with Gasteiger partial charge in [-0.1, -0.05) is 19.8 Å². The fraction of sp³-hybridized carbons (Fsp3) is 0.917. The van der Waals surface area contributed by atoms with Crippen LogP contribution in [0.3, 0.4) is 0 Å². The normalized spacial score (nSPS) is 23.3. The lowest BCUT2D eigenvalue weighted by Crippen LogP contribution is -2.45. The maximum absolute atomic E-state index is 11.8. The number of unbranched alkanes of at least 4 members (excludes halogenated alkanes) is 2. The topological polar surface area (TPSA) is 58.4 Å². The monoisotopic (exact) mass is 227 g/mol. The Morgan fingerprint density at radius 3 is 2.88 bits per heavy atom. The Hall–Kier alpha value is -0.610. The Kier molecular flexibility index (Phi) is 5.77.